The number of aryl methyl sites for hydroxylation is 1. The van der Waals surface area contributed by atoms with Gasteiger partial charge in [-0.1, -0.05) is 23.2 Å². The summed E-state index contributed by atoms with van der Waals surface area (Å²) in [6.07, 6.45) is 0.862. The first kappa shape index (κ1) is 21.9. The van der Waals surface area contributed by atoms with Gasteiger partial charge in [-0.25, -0.2) is 8.42 Å². The normalized spacial score (nSPS) is 15.9. The maximum Gasteiger partial charge on any atom is 0.246 e. The Morgan fingerprint density at radius 3 is 2.34 bits per heavy atom. The molecular formula is C20H22Cl2N2O4S. The van der Waals surface area contributed by atoms with E-state index in [1.807, 2.05) is 6.92 Å². The van der Waals surface area contributed by atoms with E-state index in [0.29, 0.717) is 28.6 Å². The smallest absolute Gasteiger partial charge is 0.246 e. The van der Waals surface area contributed by atoms with Crippen LogP contribution in [-0.4, -0.2) is 38.8 Å². The lowest BCUT2D eigenvalue weighted by Gasteiger charge is -2.31. The number of nitrogens with zero attached hydrogens (tertiary/aromatic N) is 1. The Morgan fingerprint density at radius 1 is 1.10 bits per heavy atom. The molecule has 1 amide bonds. The van der Waals surface area contributed by atoms with Crippen molar-refractivity contribution in [3.05, 3.63) is 52.0 Å². The molecule has 1 saturated heterocycles. The van der Waals surface area contributed by atoms with Crippen LogP contribution in [0, 0.1) is 12.8 Å². The van der Waals surface area contributed by atoms with Crippen LogP contribution in [0.25, 0.3) is 0 Å². The maximum absolute atomic E-state index is 13.0. The molecule has 29 heavy (non-hydrogen) atoms. The van der Waals surface area contributed by atoms with E-state index in [-0.39, 0.29) is 35.6 Å². The molecule has 1 N–H and O–H groups in total. The number of hydrogen-bond acceptors (Lipinski definition) is 4. The third kappa shape index (κ3) is 4.86. The van der Waals surface area contributed by atoms with Crippen molar-refractivity contribution in [1.29, 1.82) is 0 Å². The molecule has 0 bridgehead atoms. The van der Waals surface area contributed by atoms with Crippen LogP contribution >= 0.6 is 23.2 Å². The first-order chi connectivity index (χ1) is 13.7. The average Bonchev–Trinajstić information content (AvgIpc) is 2.70. The Labute approximate surface area is 180 Å². The highest BCUT2D eigenvalue weighted by atomic mass is 35.5. The quantitative estimate of drug-likeness (QED) is 0.725. The molecule has 1 heterocycles. The monoisotopic (exact) mass is 456 g/mol. The highest BCUT2D eigenvalue weighted by molar-refractivity contribution is 7.89. The minimum absolute atomic E-state index is 0.0344. The van der Waals surface area contributed by atoms with Crippen molar-refractivity contribution >= 4 is 44.8 Å². The number of piperidine rings is 1. The van der Waals surface area contributed by atoms with Gasteiger partial charge in [-0.15, -0.1) is 0 Å². The van der Waals surface area contributed by atoms with Gasteiger partial charge in [0.15, 0.2) is 0 Å². The SMILES string of the molecule is COc1ccc(Cl)cc1S(=O)(=O)N1CCC(C(=O)Nc2ccc(Cl)cc2C)CC1. The number of rotatable bonds is 5. The van der Waals surface area contributed by atoms with Gasteiger partial charge in [0, 0.05) is 34.7 Å². The van der Waals surface area contributed by atoms with E-state index in [1.54, 1.807) is 24.3 Å². The number of nitrogens with one attached hydrogen (secondary N) is 1. The third-order valence-electron chi connectivity index (χ3n) is 5.01. The van der Waals surface area contributed by atoms with Crippen molar-refractivity contribution in [2.75, 3.05) is 25.5 Å². The molecule has 9 heteroatoms. The van der Waals surface area contributed by atoms with Crippen molar-refractivity contribution in [2.24, 2.45) is 5.92 Å². The standard InChI is InChI=1S/C20H22Cl2N2O4S/c1-13-11-15(21)3-5-17(13)23-20(25)14-7-9-24(10-8-14)29(26,27)19-12-16(22)4-6-18(19)28-2/h3-6,11-12,14H,7-10H2,1-2H3,(H,23,25). The van der Waals surface area contributed by atoms with Crippen molar-refractivity contribution in [2.45, 2.75) is 24.7 Å². The fraction of sp³-hybridized carbons (Fsp3) is 0.350. The van der Waals surface area contributed by atoms with E-state index in [4.69, 9.17) is 27.9 Å². The zero-order valence-electron chi connectivity index (χ0n) is 16.1. The highest BCUT2D eigenvalue weighted by Gasteiger charge is 2.34. The molecule has 156 valence electrons. The van der Waals surface area contributed by atoms with E-state index in [1.165, 1.54) is 23.5 Å². The number of carbonyl (C=O) groups excluding carboxylic acids is 1. The largest absolute Gasteiger partial charge is 0.495 e. The van der Waals surface area contributed by atoms with Crippen LogP contribution in [0.15, 0.2) is 41.3 Å². The van der Waals surface area contributed by atoms with Gasteiger partial charge in [0.25, 0.3) is 0 Å². The number of anilines is 1. The first-order valence-electron chi connectivity index (χ1n) is 9.13. The number of ether oxygens (including phenoxy) is 1. The van der Waals surface area contributed by atoms with Gasteiger partial charge < -0.3 is 10.1 Å². The van der Waals surface area contributed by atoms with Crippen LogP contribution in [0.1, 0.15) is 18.4 Å². The Kier molecular flexibility index (Phi) is 6.73. The van der Waals surface area contributed by atoms with Crippen molar-refractivity contribution < 1.29 is 17.9 Å². The van der Waals surface area contributed by atoms with Crippen LogP contribution in [0.4, 0.5) is 5.69 Å². The van der Waals surface area contributed by atoms with Gasteiger partial charge >= 0.3 is 0 Å². The van der Waals surface area contributed by atoms with E-state index in [9.17, 15) is 13.2 Å². The molecule has 0 radical (unpaired) electrons. The number of halogens is 2. The fourth-order valence-corrected chi connectivity index (χ4v) is 5.47. The van der Waals surface area contributed by atoms with E-state index in [0.717, 1.165) is 5.56 Å². The summed E-state index contributed by atoms with van der Waals surface area (Å²) in [5, 5.41) is 3.84. The second-order valence-electron chi connectivity index (χ2n) is 6.92. The maximum atomic E-state index is 13.0. The summed E-state index contributed by atoms with van der Waals surface area (Å²) in [5.74, 6) is -0.141. The molecular weight excluding hydrogens is 435 g/mol. The molecule has 0 aromatic heterocycles. The van der Waals surface area contributed by atoms with Gasteiger partial charge in [0.1, 0.15) is 10.6 Å². The summed E-state index contributed by atoms with van der Waals surface area (Å²) in [7, 11) is -2.36. The van der Waals surface area contributed by atoms with E-state index in [2.05, 4.69) is 5.32 Å². The fourth-order valence-electron chi connectivity index (χ4n) is 3.35. The molecule has 0 saturated carbocycles. The van der Waals surface area contributed by atoms with Crippen molar-refractivity contribution in [3.8, 4) is 5.75 Å². The second-order valence-corrected chi connectivity index (χ2v) is 9.70. The lowest BCUT2D eigenvalue weighted by Crippen LogP contribution is -2.41. The third-order valence-corrected chi connectivity index (χ3v) is 7.40. The van der Waals surface area contributed by atoms with Crippen LogP contribution in [-0.2, 0) is 14.8 Å². The Bertz CT molecular complexity index is 1020. The Hall–Kier alpha value is -1.80. The minimum Gasteiger partial charge on any atom is -0.495 e. The van der Waals surface area contributed by atoms with E-state index >= 15 is 0 Å². The summed E-state index contributed by atoms with van der Waals surface area (Å²) in [5.41, 5.74) is 1.58. The Morgan fingerprint density at radius 2 is 1.72 bits per heavy atom. The Balaban J connectivity index is 1.68. The molecule has 2 aromatic rings. The zero-order chi connectivity index (χ0) is 21.2. The summed E-state index contributed by atoms with van der Waals surface area (Å²) in [4.78, 5) is 12.7. The molecule has 1 aliphatic rings. The van der Waals surface area contributed by atoms with Crippen molar-refractivity contribution in [3.63, 3.8) is 0 Å². The summed E-state index contributed by atoms with van der Waals surface area (Å²) >= 11 is 11.9. The lowest BCUT2D eigenvalue weighted by atomic mass is 9.97. The highest BCUT2D eigenvalue weighted by Crippen LogP contribution is 2.32. The number of carbonyl (C=O) groups is 1. The van der Waals surface area contributed by atoms with Gasteiger partial charge in [-0.05, 0) is 61.7 Å². The zero-order valence-corrected chi connectivity index (χ0v) is 18.4. The second kappa shape index (κ2) is 8.92. The molecule has 1 fully saturated rings. The molecule has 2 aromatic carbocycles. The number of methoxy groups -OCH3 is 1. The van der Waals surface area contributed by atoms with Crippen LogP contribution in [0.3, 0.4) is 0 Å². The van der Waals surface area contributed by atoms with E-state index < -0.39 is 10.0 Å². The summed E-state index contributed by atoms with van der Waals surface area (Å²) in [6.45, 7) is 2.36. The van der Waals surface area contributed by atoms with Gasteiger partial charge in [-0.3, -0.25) is 4.79 Å². The molecule has 1 aliphatic heterocycles. The van der Waals surface area contributed by atoms with Gasteiger partial charge in [0.05, 0.1) is 7.11 Å². The predicted octanol–water partition coefficient (Wildman–Crippen LogP) is 4.35. The van der Waals surface area contributed by atoms with Crippen LogP contribution in [0.2, 0.25) is 10.0 Å². The van der Waals surface area contributed by atoms with Crippen LogP contribution in [0.5, 0.6) is 5.75 Å². The molecule has 0 spiro atoms. The predicted molar refractivity (Wildman–Crippen MR) is 114 cm³/mol. The van der Waals surface area contributed by atoms with Crippen LogP contribution < -0.4 is 10.1 Å². The summed E-state index contributed by atoms with van der Waals surface area (Å²) < 4.78 is 32.6. The number of hydrogen-bond donors (Lipinski definition) is 1. The number of benzene rings is 2. The van der Waals surface area contributed by atoms with Gasteiger partial charge in [0.2, 0.25) is 15.9 Å². The summed E-state index contributed by atoms with van der Waals surface area (Å²) in [6, 6.07) is 9.76. The lowest BCUT2D eigenvalue weighted by molar-refractivity contribution is -0.120. The molecule has 0 aliphatic carbocycles. The number of sulfonamides is 1. The molecule has 3 rings (SSSR count). The molecule has 0 atom stereocenters. The first-order valence-corrected chi connectivity index (χ1v) is 11.3. The molecule has 6 nitrogen and oxygen atoms in total. The number of amides is 1. The molecule has 0 unspecified atom stereocenters. The topological polar surface area (TPSA) is 75.7 Å². The van der Waals surface area contributed by atoms with Crippen molar-refractivity contribution in [1.82, 2.24) is 4.31 Å². The average molecular weight is 457 g/mol. The van der Waals surface area contributed by atoms with Gasteiger partial charge in [-0.2, -0.15) is 4.31 Å². The minimum atomic E-state index is -3.77.